The third kappa shape index (κ3) is 9.48. The van der Waals surface area contributed by atoms with Crippen molar-refractivity contribution in [2.75, 3.05) is 27.4 Å². The molecule has 0 spiro atoms. The number of aryl methyl sites for hydroxylation is 3. The average molecular weight is 561 g/mol. The van der Waals surface area contributed by atoms with E-state index < -0.39 is 11.9 Å². The first-order chi connectivity index (χ1) is 19.8. The van der Waals surface area contributed by atoms with E-state index in [4.69, 9.17) is 19.7 Å². The fraction of sp³-hybridized carbons (Fsp3) is 0.333. The van der Waals surface area contributed by atoms with Gasteiger partial charge in [-0.1, -0.05) is 60.2 Å². The molecule has 0 amide bonds. The molecule has 0 aliphatic carbocycles. The normalized spacial score (nSPS) is 10.7. The first kappa shape index (κ1) is 31.4. The van der Waals surface area contributed by atoms with Crippen molar-refractivity contribution in [3.63, 3.8) is 0 Å². The highest BCUT2D eigenvalue weighted by molar-refractivity contribution is 5.68. The molecule has 0 fully saturated rings. The van der Waals surface area contributed by atoms with E-state index in [9.17, 15) is 9.59 Å². The third-order valence-corrected chi connectivity index (χ3v) is 6.79. The van der Waals surface area contributed by atoms with Gasteiger partial charge in [0.05, 0.1) is 26.1 Å². The maximum Gasteiger partial charge on any atom is 0.303 e. The summed E-state index contributed by atoms with van der Waals surface area (Å²) in [4.78, 5) is 21.5. The Morgan fingerprint density at radius 3 is 1.49 bits per heavy atom. The van der Waals surface area contributed by atoms with Crippen LogP contribution in [0.25, 0.3) is 22.5 Å². The molecule has 0 radical (unpaired) electrons. The number of carboxylic acids is 2. The van der Waals surface area contributed by atoms with E-state index in [1.807, 2.05) is 36.4 Å². The predicted molar refractivity (Wildman–Crippen MR) is 160 cm³/mol. The van der Waals surface area contributed by atoms with Crippen LogP contribution in [-0.2, 0) is 45.0 Å². The molecule has 2 aromatic heterocycles. The van der Waals surface area contributed by atoms with Gasteiger partial charge >= 0.3 is 11.9 Å². The lowest BCUT2D eigenvalue weighted by atomic mass is 10.1. The number of aromatic nitrogens is 2. The minimum Gasteiger partial charge on any atom is -0.481 e. The van der Waals surface area contributed by atoms with Crippen molar-refractivity contribution in [3.05, 3.63) is 95.8 Å². The lowest BCUT2D eigenvalue weighted by Gasteiger charge is -2.13. The van der Waals surface area contributed by atoms with Crippen LogP contribution in [0.1, 0.15) is 29.8 Å². The molecule has 4 aromatic rings. The van der Waals surface area contributed by atoms with Crippen molar-refractivity contribution >= 4 is 11.9 Å². The van der Waals surface area contributed by atoms with Crippen LogP contribution in [0.15, 0.2) is 78.9 Å². The standard InChI is InChI=1S/C17H21NO3.C16H19NO3/c1-13-3-5-14(6-4-13)16-9-7-15(8-10-17(19)20)18(16)11-12-21-2;1-20-12-11-17-14(8-10-16(18)19)7-9-15(17)13-5-3-2-4-6-13/h3-7,9H,8,10-12H2,1-2H3,(H,19,20);2-7,9H,8,10-12H2,1H3,(H,18,19). The van der Waals surface area contributed by atoms with Crippen molar-refractivity contribution < 1.29 is 29.3 Å². The van der Waals surface area contributed by atoms with Gasteiger partial charge in [-0.3, -0.25) is 9.59 Å². The van der Waals surface area contributed by atoms with Gasteiger partial charge in [0.25, 0.3) is 0 Å². The van der Waals surface area contributed by atoms with E-state index in [2.05, 4.69) is 58.5 Å². The lowest BCUT2D eigenvalue weighted by molar-refractivity contribution is -0.138. The second-order valence-corrected chi connectivity index (χ2v) is 9.73. The van der Waals surface area contributed by atoms with Crippen LogP contribution < -0.4 is 0 Å². The quantitative estimate of drug-likeness (QED) is 0.198. The number of rotatable bonds is 14. The van der Waals surface area contributed by atoms with Crippen LogP contribution in [0.5, 0.6) is 0 Å². The molecule has 0 bridgehead atoms. The smallest absolute Gasteiger partial charge is 0.303 e. The van der Waals surface area contributed by atoms with Crippen LogP contribution in [0.4, 0.5) is 0 Å². The summed E-state index contributed by atoms with van der Waals surface area (Å²) in [6, 6.07) is 26.6. The maximum absolute atomic E-state index is 10.8. The number of aliphatic carboxylic acids is 2. The largest absolute Gasteiger partial charge is 0.481 e. The number of hydrogen-bond acceptors (Lipinski definition) is 4. The Morgan fingerprint density at radius 1 is 0.634 bits per heavy atom. The number of nitrogens with zero attached hydrogens (tertiary/aromatic N) is 2. The fourth-order valence-corrected chi connectivity index (χ4v) is 4.66. The van der Waals surface area contributed by atoms with E-state index in [-0.39, 0.29) is 12.8 Å². The minimum absolute atomic E-state index is 0.143. The van der Waals surface area contributed by atoms with Gasteiger partial charge in [0.15, 0.2) is 0 Å². The van der Waals surface area contributed by atoms with Crippen molar-refractivity contribution in [1.82, 2.24) is 9.13 Å². The first-order valence-corrected chi connectivity index (χ1v) is 13.7. The topological polar surface area (TPSA) is 103 Å². The Kier molecular flexibility index (Phi) is 12.4. The van der Waals surface area contributed by atoms with Gasteiger partial charge in [0, 0.05) is 50.1 Å². The van der Waals surface area contributed by atoms with Gasteiger partial charge in [-0.2, -0.15) is 0 Å². The summed E-state index contributed by atoms with van der Waals surface area (Å²) in [6.45, 7) is 4.72. The van der Waals surface area contributed by atoms with Crippen LogP contribution in [0, 0.1) is 6.92 Å². The number of carboxylic acid groups (broad SMARTS) is 2. The number of methoxy groups -OCH3 is 2. The molecule has 0 aliphatic heterocycles. The highest BCUT2D eigenvalue weighted by atomic mass is 16.5. The highest BCUT2D eigenvalue weighted by Crippen LogP contribution is 2.25. The zero-order valence-electron chi connectivity index (χ0n) is 24.1. The van der Waals surface area contributed by atoms with Gasteiger partial charge in [-0.05, 0) is 55.2 Å². The Balaban J connectivity index is 0.000000226. The Bertz CT molecular complexity index is 1370. The highest BCUT2D eigenvalue weighted by Gasteiger charge is 2.12. The molecule has 218 valence electrons. The predicted octanol–water partition coefficient (Wildman–Crippen LogP) is 5.95. The van der Waals surface area contributed by atoms with Gasteiger partial charge in [0.2, 0.25) is 0 Å². The number of carbonyl (C=O) groups is 2. The second-order valence-electron chi connectivity index (χ2n) is 9.73. The third-order valence-electron chi connectivity index (χ3n) is 6.79. The van der Waals surface area contributed by atoms with Crippen molar-refractivity contribution in [2.45, 2.75) is 45.7 Å². The van der Waals surface area contributed by atoms with Crippen LogP contribution in [-0.4, -0.2) is 58.7 Å². The molecule has 2 N–H and O–H groups in total. The Morgan fingerprint density at radius 2 is 1.07 bits per heavy atom. The summed E-state index contributed by atoms with van der Waals surface area (Å²) in [7, 11) is 3.34. The molecule has 2 aromatic carbocycles. The van der Waals surface area contributed by atoms with Gasteiger partial charge in [-0.25, -0.2) is 0 Å². The number of hydrogen-bond donors (Lipinski definition) is 2. The van der Waals surface area contributed by atoms with E-state index >= 15 is 0 Å². The maximum atomic E-state index is 10.8. The van der Waals surface area contributed by atoms with Gasteiger partial charge in [0.1, 0.15) is 0 Å². The molecule has 8 heteroatoms. The molecule has 0 aliphatic rings. The average Bonchev–Trinajstić information content (AvgIpc) is 3.57. The van der Waals surface area contributed by atoms with Gasteiger partial charge < -0.3 is 28.8 Å². The summed E-state index contributed by atoms with van der Waals surface area (Å²) in [5, 5.41) is 17.7. The molecule has 4 rings (SSSR count). The summed E-state index contributed by atoms with van der Waals surface area (Å²) in [5.41, 5.74) is 7.76. The Hall–Kier alpha value is -4.14. The van der Waals surface area contributed by atoms with E-state index in [1.165, 1.54) is 5.56 Å². The molecule has 0 atom stereocenters. The SMILES string of the molecule is COCCn1c(CCC(=O)O)ccc1-c1ccc(C)cc1.COCCn1c(CCC(=O)O)ccc1-c1ccccc1. The lowest BCUT2D eigenvalue weighted by Crippen LogP contribution is -2.10. The second kappa shape index (κ2) is 16.2. The molecular formula is C33H40N2O6. The zero-order chi connectivity index (χ0) is 29.6. The molecule has 2 heterocycles. The Labute approximate surface area is 241 Å². The van der Waals surface area contributed by atoms with Crippen LogP contribution in [0.3, 0.4) is 0 Å². The summed E-state index contributed by atoms with van der Waals surface area (Å²) in [5.74, 6) is -1.54. The van der Waals surface area contributed by atoms with E-state index in [0.717, 1.165) is 47.0 Å². The van der Waals surface area contributed by atoms with E-state index in [1.54, 1.807) is 14.2 Å². The monoisotopic (exact) mass is 560 g/mol. The molecular weight excluding hydrogens is 520 g/mol. The summed E-state index contributed by atoms with van der Waals surface area (Å²) >= 11 is 0. The van der Waals surface area contributed by atoms with Crippen molar-refractivity contribution in [2.24, 2.45) is 0 Å². The fourth-order valence-electron chi connectivity index (χ4n) is 4.66. The van der Waals surface area contributed by atoms with Crippen LogP contribution >= 0.6 is 0 Å². The molecule has 0 unspecified atom stereocenters. The van der Waals surface area contributed by atoms with Crippen molar-refractivity contribution in [3.8, 4) is 22.5 Å². The first-order valence-electron chi connectivity index (χ1n) is 13.7. The minimum atomic E-state index is -0.772. The molecule has 8 nitrogen and oxygen atoms in total. The summed E-state index contributed by atoms with van der Waals surface area (Å²) < 4.78 is 14.6. The number of benzene rings is 2. The molecule has 0 saturated carbocycles. The van der Waals surface area contributed by atoms with Crippen LogP contribution in [0.2, 0.25) is 0 Å². The van der Waals surface area contributed by atoms with Gasteiger partial charge in [-0.15, -0.1) is 0 Å². The molecule has 0 saturated heterocycles. The summed E-state index contributed by atoms with van der Waals surface area (Å²) in [6.07, 6.45) is 1.35. The van der Waals surface area contributed by atoms with E-state index in [0.29, 0.717) is 26.1 Å². The van der Waals surface area contributed by atoms with Crippen molar-refractivity contribution in [1.29, 1.82) is 0 Å². The zero-order valence-corrected chi connectivity index (χ0v) is 24.1. The number of ether oxygens (including phenoxy) is 2. The molecule has 41 heavy (non-hydrogen) atoms.